The lowest BCUT2D eigenvalue weighted by atomic mass is 9.75. The van der Waals surface area contributed by atoms with Crippen LogP contribution in [0.3, 0.4) is 0 Å². The van der Waals surface area contributed by atoms with Crippen LogP contribution in [0, 0.1) is 5.92 Å². The molecule has 102 valence electrons. The van der Waals surface area contributed by atoms with Gasteiger partial charge >= 0.3 is 0 Å². The van der Waals surface area contributed by atoms with Gasteiger partial charge in [0.25, 0.3) is 0 Å². The smallest absolute Gasteiger partial charge is 0.141 e. The van der Waals surface area contributed by atoms with Gasteiger partial charge in [0.1, 0.15) is 18.5 Å². The van der Waals surface area contributed by atoms with Crippen LogP contribution in [-0.2, 0) is 9.47 Å². The molecule has 0 aliphatic carbocycles. The van der Waals surface area contributed by atoms with E-state index >= 15 is 0 Å². The van der Waals surface area contributed by atoms with Crippen molar-refractivity contribution in [2.45, 2.75) is 57.7 Å². The van der Waals surface area contributed by atoms with Crippen molar-refractivity contribution >= 4 is 0 Å². The number of epoxide rings is 1. The van der Waals surface area contributed by atoms with Crippen LogP contribution in [0.25, 0.3) is 0 Å². The minimum atomic E-state index is 0.119. The van der Waals surface area contributed by atoms with E-state index in [1.807, 2.05) is 0 Å². The van der Waals surface area contributed by atoms with Crippen molar-refractivity contribution in [3.63, 3.8) is 0 Å². The molecular weight excluding hydrogens is 226 g/mol. The second kappa shape index (κ2) is 4.73. The van der Waals surface area contributed by atoms with Gasteiger partial charge < -0.3 is 14.8 Å². The topological polar surface area (TPSA) is 33.8 Å². The van der Waals surface area contributed by atoms with Crippen molar-refractivity contribution in [2.24, 2.45) is 5.92 Å². The molecule has 2 rings (SSSR count). The summed E-state index contributed by atoms with van der Waals surface area (Å²) in [4.78, 5) is 0. The average Bonchev–Trinajstić information content (AvgIpc) is 2.97. The second-order valence-corrected chi connectivity index (χ2v) is 6.81. The Kier molecular flexibility index (Phi) is 3.59. The highest BCUT2D eigenvalue weighted by Gasteiger charge is 2.40. The Balaban J connectivity index is 2.02. The van der Waals surface area contributed by atoms with Gasteiger partial charge in [-0.05, 0) is 40.5 Å². The molecular formula is C15H25NO2. The average molecular weight is 251 g/mol. The van der Waals surface area contributed by atoms with E-state index in [1.165, 1.54) is 0 Å². The van der Waals surface area contributed by atoms with Gasteiger partial charge in [0.2, 0.25) is 0 Å². The molecule has 18 heavy (non-hydrogen) atoms. The van der Waals surface area contributed by atoms with Crippen molar-refractivity contribution < 1.29 is 9.47 Å². The fourth-order valence-electron chi connectivity index (χ4n) is 3.17. The molecule has 3 nitrogen and oxygen atoms in total. The zero-order chi connectivity index (χ0) is 13.4. The third-order valence-corrected chi connectivity index (χ3v) is 3.56. The number of allylic oxidation sites excluding steroid dienone is 1. The van der Waals surface area contributed by atoms with Crippen LogP contribution in [0.15, 0.2) is 18.1 Å². The Morgan fingerprint density at radius 3 is 2.33 bits per heavy atom. The maximum Gasteiger partial charge on any atom is 0.141 e. The molecule has 0 aromatic rings. The highest BCUT2D eigenvalue weighted by molar-refractivity contribution is 5.07. The number of rotatable bonds is 4. The second-order valence-electron chi connectivity index (χ2n) is 6.81. The number of ether oxygens (including phenoxy) is 2. The molecule has 2 aliphatic rings. The SMILES string of the molecule is C=C=C(OCC1CO1)C1CC(C)(C)NC(C)(C)C1. The fourth-order valence-corrected chi connectivity index (χ4v) is 3.17. The van der Waals surface area contributed by atoms with E-state index in [0.29, 0.717) is 12.5 Å². The van der Waals surface area contributed by atoms with Crippen LogP contribution in [0.1, 0.15) is 40.5 Å². The summed E-state index contributed by atoms with van der Waals surface area (Å²) in [6.45, 7) is 14.2. The summed E-state index contributed by atoms with van der Waals surface area (Å²) in [6, 6.07) is 0. The maximum atomic E-state index is 5.83. The van der Waals surface area contributed by atoms with Crippen LogP contribution in [0.5, 0.6) is 0 Å². The number of piperidine rings is 1. The van der Waals surface area contributed by atoms with E-state index in [9.17, 15) is 0 Å². The summed E-state index contributed by atoms with van der Waals surface area (Å²) in [6.07, 6.45) is 2.40. The molecule has 0 bridgehead atoms. The zero-order valence-corrected chi connectivity index (χ0v) is 12.0. The standard InChI is InChI=1S/C15H25NO2/c1-6-13(18-10-12-9-17-12)11-7-14(2,3)16-15(4,5)8-11/h11-12,16H,1,7-10H2,2-5H3. The molecule has 2 saturated heterocycles. The molecule has 0 saturated carbocycles. The van der Waals surface area contributed by atoms with Gasteiger partial charge in [-0.2, -0.15) is 0 Å². The first kappa shape index (κ1) is 13.7. The summed E-state index contributed by atoms with van der Waals surface area (Å²) in [7, 11) is 0. The third-order valence-electron chi connectivity index (χ3n) is 3.56. The molecule has 0 spiro atoms. The molecule has 0 amide bonds. The van der Waals surface area contributed by atoms with Gasteiger partial charge in [0.15, 0.2) is 0 Å². The van der Waals surface area contributed by atoms with Crippen LogP contribution < -0.4 is 5.32 Å². The molecule has 1 N–H and O–H groups in total. The van der Waals surface area contributed by atoms with E-state index < -0.39 is 0 Å². The van der Waals surface area contributed by atoms with E-state index in [-0.39, 0.29) is 17.2 Å². The summed E-state index contributed by atoms with van der Waals surface area (Å²) in [5, 5.41) is 3.68. The number of hydrogen-bond donors (Lipinski definition) is 1. The first-order valence-electron chi connectivity index (χ1n) is 6.75. The fraction of sp³-hybridized carbons (Fsp3) is 0.800. The monoisotopic (exact) mass is 251 g/mol. The highest BCUT2D eigenvalue weighted by Crippen LogP contribution is 2.37. The van der Waals surface area contributed by atoms with Crippen molar-refractivity contribution in [3.05, 3.63) is 18.1 Å². The minimum Gasteiger partial charge on any atom is -0.487 e. The molecule has 2 aliphatic heterocycles. The van der Waals surface area contributed by atoms with Crippen LogP contribution in [-0.4, -0.2) is 30.4 Å². The lowest BCUT2D eigenvalue weighted by molar-refractivity contribution is 0.0869. The minimum absolute atomic E-state index is 0.119. The molecule has 0 aromatic carbocycles. The zero-order valence-electron chi connectivity index (χ0n) is 12.0. The Labute approximate surface area is 110 Å². The van der Waals surface area contributed by atoms with Crippen molar-refractivity contribution in [2.75, 3.05) is 13.2 Å². The normalized spacial score (nSPS) is 29.4. The molecule has 2 fully saturated rings. The van der Waals surface area contributed by atoms with Gasteiger partial charge in [0, 0.05) is 17.0 Å². The van der Waals surface area contributed by atoms with Crippen molar-refractivity contribution in [1.82, 2.24) is 5.32 Å². The third kappa shape index (κ3) is 3.61. The predicted molar refractivity (Wildman–Crippen MR) is 72.4 cm³/mol. The van der Waals surface area contributed by atoms with Crippen LogP contribution in [0.4, 0.5) is 0 Å². The molecule has 1 unspecified atom stereocenters. The van der Waals surface area contributed by atoms with Crippen LogP contribution >= 0.6 is 0 Å². The Hall–Kier alpha value is -0.760. The van der Waals surface area contributed by atoms with E-state index in [1.54, 1.807) is 0 Å². The largest absolute Gasteiger partial charge is 0.487 e. The molecule has 1 atom stereocenters. The lowest BCUT2D eigenvalue weighted by Crippen LogP contribution is -2.58. The first-order valence-corrected chi connectivity index (χ1v) is 6.75. The van der Waals surface area contributed by atoms with Gasteiger partial charge in [0.05, 0.1) is 6.61 Å². The molecule has 2 heterocycles. The van der Waals surface area contributed by atoms with Gasteiger partial charge in [-0.25, -0.2) is 0 Å². The lowest BCUT2D eigenvalue weighted by Gasteiger charge is -2.46. The van der Waals surface area contributed by atoms with E-state index in [4.69, 9.17) is 9.47 Å². The number of hydrogen-bond acceptors (Lipinski definition) is 3. The van der Waals surface area contributed by atoms with Gasteiger partial charge in [-0.1, -0.05) is 12.3 Å². The summed E-state index contributed by atoms with van der Waals surface area (Å²) >= 11 is 0. The first-order chi connectivity index (χ1) is 8.31. The molecule has 0 radical (unpaired) electrons. The molecule has 3 heteroatoms. The summed E-state index contributed by atoms with van der Waals surface area (Å²) in [5.41, 5.74) is 3.23. The molecule has 0 aromatic heterocycles. The van der Waals surface area contributed by atoms with Crippen molar-refractivity contribution in [1.29, 1.82) is 0 Å². The van der Waals surface area contributed by atoms with Crippen molar-refractivity contribution in [3.8, 4) is 0 Å². The highest BCUT2D eigenvalue weighted by atomic mass is 16.6. The maximum absolute atomic E-state index is 5.83. The van der Waals surface area contributed by atoms with E-state index in [0.717, 1.165) is 25.2 Å². The van der Waals surface area contributed by atoms with Gasteiger partial charge in [-0.15, -0.1) is 0 Å². The quantitative estimate of drug-likeness (QED) is 0.474. The predicted octanol–water partition coefficient (Wildman–Crippen LogP) is 2.63. The Morgan fingerprint density at radius 1 is 1.33 bits per heavy atom. The van der Waals surface area contributed by atoms with E-state index in [2.05, 4.69) is 45.3 Å². The number of nitrogens with one attached hydrogen (secondary N) is 1. The summed E-state index contributed by atoms with van der Waals surface area (Å²) in [5.74, 6) is 1.31. The summed E-state index contributed by atoms with van der Waals surface area (Å²) < 4.78 is 11.0. The van der Waals surface area contributed by atoms with Gasteiger partial charge in [-0.3, -0.25) is 0 Å². The van der Waals surface area contributed by atoms with Crippen LogP contribution in [0.2, 0.25) is 0 Å². The Morgan fingerprint density at radius 2 is 1.89 bits per heavy atom. The Bertz CT molecular complexity index is 347.